The van der Waals surface area contributed by atoms with Crippen molar-refractivity contribution < 1.29 is 0 Å². The molecule has 0 radical (unpaired) electrons. The van der Waals surface area contributed by atoms with Gasteiger partial charge in [-0.3, -0.25) is 0 Å². The van der Waals surface area contributed by atoms with Gasteiger partial charge in [-0.2, -0.15) is 0 Å². The van der Waals surface area contributed by atoms with E-state index in [0.29, 0.717) is 12.2 Å². The Bertz CT molecular complexity index is 316. The van der Waals surface area contributed by atoms with Gasteiger partial charge in [-0.15, -0.1) is 0 Å². The minimum Gasteiger partial charge on any atom is -0.307 e. The van der Waals surface area contributed by atoms with Gasteiger partial charge in [0.2, 0.25) is 0 Å². The molecule has 2 rings (SSSR count). The lowest BCUT2D eigenvalue weighted by atomic mass is 10.1. The largest absolute Gasteiger partial charge is 0.312 e. The predicted octanol–water partition coefficient (Wildman–Crippen LogP) is 4.31. The van der Waals surface area contributed by atoms with Crippen LogP contribution in [0.1, 0.15) is 17.2 Å². The summed E-state index contributed by atoms with van der Waals surface area (Å²) < 4.78 is 0. The minimum atomic E-state index is -2.26. The third kappa shape index (κ3) is 3.25. The highest BCUT2D eigenvalue weighted by Crippen LogP contribution is 2.75. The second-order valence-corrected chi connectivity index (χ2v) is 11.6. The molecule has 0 aromatic heterocycles. The van der Waals surface area contributed by atoms with Crippen molar-refractivity contribution in [2.75, 3.05) is 6.54 Å². The molecular formula is C9H10Cl3NP+. The smallest absolute Gasteiger partial charge is 0.307 e. The molecule has 14 heavy (non-hydrogen) atoms. The first-order chi connectivity index (χ1) is 6.54. The van der Waals surface area contributed by atoms with Crippen LogP contribution in [-0.2, 0) is 6.16 Å². The van der Waals surface area contributed by atoms with Gasteiger partial charge >= 0.3 is 5.32 Å². The molecule has 76 valence electrons. The summed E-state index contributed by atoms with van der Waals surface area (Å²) in [6.45, 7) is 1.08. The maximum absolute atomic E-state index is 5.81. The third-order valence-electron chi connectivity index (χ3n) is 2.15. The number of hydrogen-bond acceptors (Lipinski definition) is 1. The minimum absolute atomic E-state index is 0.548. The van der Waals surface area contributed by atoms with E-state index >= 15 is 0 Å². The summed E-state index contributed by atoms with van der Waals surface area (Å²) in [5.74, 6) is 0. The predicted molar refractivity (Wildman–Crippen MR) is 65.4 cm³/mol. The first-order valence-corrected chi connectivity index (χ1v) is 9.03. The van der Waals surface area contributed by atoms with Gasteiger partial charge in [0, 0.05) is 12.6 Å². The Hall–Kier alpha value is 0.480. The standard InChI is InChI=1S/C9H10Cl3NP/c10-14(11,12)6-7-1-3-8(4-2-7)9-5-13-9/h1-4,9,13H,5-6H2/q+1. The Kier molecular flexibility index (Phi) is 3.26. The van der Waals surface area contributed by atoms with Crippen LogP contribution in [0, 0.1) is 0 Å². The van der Waals surface area contributed by atoms with Crippen molar-refractivity contribution in [1.29, 1.82) is 0 Å². The van der Waals surface area contributed by atoms with E-state index in [9.17, 15) is 0 Å². The van der Waals surface area contributed by atoms with E-state index < -0.39 is 5.32 Å². The number of hydrogen-bond donors (Lipinski definition) is 1. The average molecular weight is 270 g/mol. The lowest BCUT2D eigenvalue weighted by Crippen LogP contribution is -1.86. The summed E-state index contributed by atoms with van der Waals surface area (Å²) in [5.41, 5.74) is 2.42. The van der Waals surface area contributed by atoms with Gasteiger partial charge in [-0.05, 0) is 11.1 Å². The van der Waals surface area contributed by atoms with E-state index in [2.05, 4.69) is 17.4 Å². The number of nitrogens with one attached hydrogen (secondary N) is 1. The van der Waals surface area contributed by atoms with Crippen LogP contribution < -0.4 is 5.32 Å². The second kappa shape index (κ2) is 4.15. The summed E-state index contributed by atoms with van der Waals surface area (Å²) in [5, 5.41) is 0.987. The van der Waals surface area contributed by atoms with E-state index in [1.807, 2.05) is 12.1 Å². The lowest BCUT2D eigenvalue weighted by Gasteiger charge is -2.02. The number of rotatable bonds is 3. The van der Waals surface area contributed by atoms with Crippen molar-refractivity contribution in [3.8, 4) is 0 Å². The zero-order valence-corrected chi connectivity index (χ0v) is 10.5. The van der Waals surface area contributed by atoms with Gasteiger partial charge in [-0.25, -0.2) is 0 Å². The Morgan fingerprint density at radius 2 is 1.79 bits per heavy atom. The SMILES string of the molecule is Cl[P+](Cl)(Cl)Cc1ccc(C2CN2)cc1. The van der Waals surface area contributed by atoms with Gasteiger partial charge in [0.15, 0.2) is 0 Å². The van der Waals surface area contributed by atoms with E-state index in [0.717, 1.165) is 12.1 Å². The molecule has 1 aliphatic rings. The molecule has 5 heteroatoms. The van der Waals surface area contributed by atoms with Crippen LogP contribution in [-0.4, -0.2) is 6.54 Å². The summed E-state index contributed by atoms with van der Waals surface area (Å²) in [6, 6.07) is 8.82. The first kappa shape index (κ1) is 11.0. The van der Waals surface area contributed by atoms with Gasteiger partial charge in [0.25, 0.3) is 0 Å². The molecule has 0 aliphatic carbocycles. The van der Waals surface area contributed by atoms with Crippen LogP contribution in [0.15, 0.2) is 24.3 Å². The molecule has 1 aliphatic heterocycles. The normalized spacial score (nSPS) is 20.9. The summed E-state index contributed by atoms with van der Waals surface area (Å²) in [6.07, 6.45) is 0.566. The quantitative estimate of drug-likeness (QED) is 0.641. The highest BCUT2D eigenvalue weighted by atomic mass is 36.1. The van der Waals surface area contributed by atoms with Crippen molar-refractivity contribution in [2.24, 2.45) is 0 Å². The summed E-state index contributed by atoms with van der Waals surface area (Å²) >= 11 is 17.4. The average Bonchev–Trinajstić information content (AvgIpc) is 2.85. The van der Waals surface area contributed by atoms with Crippen molar-refractivity contribution >= 4 is 39.0 Å². The Morgan fingerprint density at radius 3 is 2.21 bits per heavy atom. The van der Waals surface area contributed by atoms with E-state index in [-0.39, 0.29) is 0 Å². The summed E-state index contributed by atoms with van der Waals surface area (Å²) in [7, 11) is 0. The highest BCUT2D eigenvalue weighted by molar-refractivity contribution is 8.32. The van der Waals surface area contributed by atoms with Crippen molar-refractivity contribution in [2.45, 2.75) is 12.2 Å². The molecule has 0 bridgehead atoms. The Balaban J connectivity index is 2.06. The molecule has 1 atom stereocenters. The number of halogens is 3. The van der Waals surface area contributed by atoms with Crippen molar-refractivity contribution in [3.05, 3.63) is 35.4 Å². The van der Waals surface area contributed by atoms with Crippen LogP contribution in [0.25, 0.3) is 0 Å². The van der Waals surface area contributed by atoms with E-state index in [4.69, 9.17) is 33.7 Å². The molecule has 1 nitrogen and oxygen atoms in total. The fourth-order valence-corrected chi connectivity index (χ4v) is 3.22. The first-order valence-electron chi connectivity index (χ1n) is 4.34. The summed E-state index contributed by atoms with van der Waals surface area (Å²) in [4.78, 5) is 0. The highest BCUT2D eigenvalue weighted by Gasteiger charge is 2.33. The molecule has 1 aromatic carbocycles. The molecule has 1 N–H and O–H groups in total. The number of benzene rings is 1. The van der Waals surface area contributed by atoms with Crippen LogP contribution in [0.2, 0.25) is 0 Å². The lowest BCUT2D eigenvalue weighted by molar-refractivity contribution is 1.07. The molecular weight excluding hydrogens is 259 g/mol. The maximum Gasteiger partial charge on any atom is 0.312 e. The Morgan fingerprint density at radius 1 is 1.21 bits per heavy atom. The zero-order valence-electron chi connectivity index (χ0n) is 7.38. The van der Waals surface area contributed by atoms with E-state index in [1.165, 1.54) is 5.56 Å². The van der Waals surface area contributed by atoms with Gasteiger partial charge in [0.1, 0.15) is 39.9 Å². The molecule has 0 saturated carbocycles. The van der Waals surface area contributed by atoms with Crippen LogP contribution in [0.4, 0.5) is 0 Å². The van der Waals surface area contributed by atoms with Crippen LogP contribution in [0.5, 0.6) is 0 Å². The van der Waals surface area contributed by atoms with Gasteiger partial charge in [0.05, 0.1) is 0 Å². The molecule has 1 fully saturated rings. The zero-order chi connectivity index (χ0) is 10.2. The molecule has 1 heterocycles. The Labute approximate surface area is 98.4 Å². The maximum atomic E-state index is 5.81. The fraction of sp³-hybridized carbons (Fsp3) is 0.333. The van der Waals surface area contributed by atoms with Crippen LogP contribution in [0.3, 0.4) is 0 Å². The van der Waals surface area contributed by atoms with Gasteiger partial charge in [-0.1, -0.05) is 24.3 Å². The molecule has 0 spiro atoms. The van der Waals surface area contributed by atoms with Gasteiger partial charge < -0.3 is 5.32 Å². The van der Waals surface area contributed by atoms with Crippen LogP contribution >= 0.6 is 39.0 Å². The van der Waals surface area contributed by atoms with E-state index in [1.54, 1.807) is 0 Å². The molecule has 1 saturated heterocycles. The third-order valence-corrected chi connectivity index (χ3v) is 3.95. The fourth-order valence-electron chi connectivity index (χ4n) is 1.36. The molecule has 1 unspecified atom stereocenters. The molecule has 1 aromatic rings. The van der Waals surface area contributed by atoms with Crippen molar-refractivity contribution in [3.63, 3.8) is 0 Å². The van der Waals surface area contributed by atoms with Crippen molar-refractivity contribution in [1.82, 2.24) is 5.32 Å². The molecule has 0 amide bonds. The monoisotopic (exact) mass is 268 g/mol. The topological polar surface area (TPSA) is 21.9 Å². The second-order valence-electron chi connectivity index (χ2n) is 3.41.